The fraction of sp³-hybridized carbons (Fsp3) is 0.176. The average Bonchev–Trinajstić information content (AvgIpc) is 2.94. The molecule has 3 aromatic rings. The van der Waals surface area contributed by atoms with Gasteiger partial charge in [0.25, 0.3) is 5.22 Å². The molecular weight excluding hydrogens is 335 g/mol. The molecule has 1 aromatic heterocycles. The highest BCUT2D eigenvalue weighted by molar-refractivity contribution is 7.98. The maximum absolute atomic E-state index is 13.0. The van der Waals surface area contributed by atoms with E-state index in [1.807, 2.05) is 26.0 Å². The molecule has 0 radical (unpaired) electrons. The first-order chi connectivity index (χ1) is 11.0. The SMILES string of the molecule is Cc1cc(C)cc(-c2nnc(SCc3ccc(F)cc3Cl)o2)c1. The predicted molar refractivity (Wildman–Crippen MR) is 90.2 cm³/mol. The van der Waals surface area contributed by atoms with Crippen molar-refractivity contribution in [2.45, 2.75) is 24.8 Å². The third kappa shape index (κ3) is 3.92. The minimum atomic E-state index is -0.348. The second-order valence-electron chi connectivity index (χ2n) is 5.27. The van der Waals surface area contributed by atoms with Crippen molar-refractivity contribution in [3.8, 4) is 11.5 Å². The van der Waals surface area contributed by atoms with E-state index in [2.05, 4.69) is 16.3 Å². The van der Waals surface area contributed by atoms with Gasteiger partial charge in [0.05, 0.1) is 0 Å². The minimum Gasteiger partial charge on any atom is -0.411 e. The van der Waals surface area contributed by atoms with Gasteiger partial charge in [-0.1, -0.05) is 46.6 Å². The van der Waals surface area contributed by atoms with Crippen molar-refractivity contribution in [3.63, 3.8) is 0 Å². The molecule has 0 aliphatic carbocycles. The Balaban J connectivity index is 1.74. The zero-order valence-corrected chi connectivity index (χ0v) is 14.2. The predicted octanol–water partition coefficient (Wildman–Crippen LogP) is 5.44. The second kappa shape index (κ2) is 6.72. The van der Waals surface area contributed by atoms with Gasteiger partial charge in [0, 0.05) is 16.3 Å². The number of thioether (sulfide) groups is 1. The molecule has 0 fully saturated rings. The second-order valence-corrected chi connectivity index (χ2v) is 6.61. The Labute approximate surface area is 142 Å². The lowest BCUT2D eigenvalue weighted by molar-refractivity contribution is 0.466. The van der Waals surface area contributed by atoms with Crippen LogP contribution in [0.3, 0.4) is 0 Å². The van der Waals surface area contributed by atoms with Gasteiger partial charge in [-0.3, -0.25) is 0 Å². The van der Waals surface area contributed by atoms with Crippen LogP contribution >= 0.6 is 23.4 Å². The molecule has 0 aliphatic rings. The number of hydrogen-bond donors (Lipinski definition) is 0. The zero-order chi connectivity index (χ0) is 16.4. The molecule has 0 spiro atoms. The van der Waals surface area contributed by atoms with E-state index in [-0.39, 0.29) is 5.82 Å². The Morgan fingerprint density at radius 1 is 1.09 bits per heavy atom. The monoisotopic (exact) mass is 348 g/mol. The van der Waals surface area contributed by atoms with E-state index in [0.29, 0.717) is 21.9 Å². The molecule has 0 amide bonds. The van der Waals surface area contributed by atoms with Gasteiger partial charge in [-0.05, 0) is 43.7 Å². The van der Waals surface area contributed by atoms with Crippen molar-refractivity contribution in [3.05, 3.63) is 63.9 Å². The smallest absolute Gasteiger partial charge is 0.277 e. The number of aryl methyl sites for hydroxylation is 2. The van der Waals surface area contributed by atoms with Crippen molar-refractivity contribution in [1.82, 2.24) is 10.2 Å². The average molecular weight is 349 g/mol. The van der Waals surface area contributed by atoms with Crippen molar-refractivity contribution in [2.24, 2.45) is 0 Å². The third-order valence-corrected chi connectivity index (χ3v) is 4.46. The van der Waals surface area contributed by atoms with Gasteiger partial charge in [-0.25, -0.2) is 4.39 Å². The highest BCUT2D eigenvalue weighted by Gasteiger charge is 2.11. The summed E-state index contributed by atoms with van der Waals surface area (Å²) in [5.41, 5.74) is 4.02. The van der Waals surface area contributed by atoms with Crippen LogP contribution in [0.5, 0.6) is 0 Å². The van der Waals surface area contributed by atoms with E-state index in [4.69, 9.17) is 16.0 Å². The van der Waals surface area contributed by atoms with Gasteiger partial charge in [-0.15, -0.1) is 10.2 Å². The number of aromatic nitrogens is 2. The minimum absolute atomic E-state index is 0.348. The summed E-state index contributed by atoms with van der Waals surface area (Å²) in [6.07, 6.45) is 0. The maximum Gasteiger partial charge on any atom is 0.277 e. The Hall–Kier alpha value is -1.85. The lowest BCUT2D eigenvalue weighted by Gasteiger charge is -2.02. The summed E-state index contributed by atoms with van der Waals surface area (Å²) >= 11 is 7.38. The molecule has 0 unspecified atom stereocenters. The lowest BCUT2D eigenvalue weighted by atomic mass is 10.1. The molecule has 2 aromatic carbocycles. The molecule has 1 heterocycles. The van der Waals surface area contributed by atoms with Crippen LogP contribution in [0.4, 0.5) is 4.39 Å². The van der Waals surface area contributed by atoms with Gasteiger partial charge < -0.3 is 4.42 Å². The summed E-state index contributed by atoms with van der Waals surface area (Å²) in [4.78, 5) is 0. The molecule has 0 bridgehead atoms. The zero-order valence-electron chi connectivity index (χ0n) is 12.6. The van der Waals surface area contributed by atoms with Gasteiger partial charge in [0.15, 0.2) is 0 Å². The van der Waals surface area contributed by atoms with E-state index in [9.17, 15) is 4.39 Å². The number of halogens is 2. The normalized spacial score (nSPS) is 11.0. The Kier molecular flexibility index (Phi) is 4.68. The van der Waals surface area contributed by atoms with E-state index < -0.39 is 0 Å². The molecule has 0 aliphatic heterocycles. The van der Waals surface area contributed by atoms with Crippen LogP contribution in [0.25, 0.3) is 11.5 Å². The number of rotatable bonds is 4. The van der Waals surface area contributed by atoms with Crippen LogP contribution in [0, 0.1) is 19.7 Å². The van der Waals surface area contributed by atoms with Crippen LogP contribution in [0.2, 0.25) is 5.02 Å². The number of benzene rings is 2. The van der Waals surface area contributed by atoms with Gasteiger partial charge in [0.1, 0.15) is 5.82 Å². The number of hydrogen-bond acceptors (Lipinski definition) is 4. The maximum atomic E-state index is 13.0. The van der Waals surface area contributed by atoms with E-state index in [1.165, 1.54) is 23.9 Å². The molecule has 6 heteroatoms. The fourth-order valence-corrected chi connectivity index (χ4v) is 3.34. The van der Waals surface area contributed by atoms with Crippen molar-refractivity contribution in [2.75, 3.05) is 0 Å². The molecule has 0 saturated carbocycles. The molecule has 0 saturated heterocycles. The summed E-state index contributed by atoms with van der Waals surface area (Å²) in [6.45, 7) is 4.05. The van der Waals surface area contributed by atoms with Crippen LogP contribution in [-0.4, -0.2) is 10.2 Å². The largest absolute Gasteiger partial charge is 0.411 e. The lowest BCUT2D eigenvalue weighted by Crippen LogP contribution is -1.84. The van der Waals surface area contributed by atoms with E-state index >= 15 is 0 Å². The standard InChI is InChI=1S/C17H14ClFN2OS/c1-10-5-11(2)7-13(6-10)16-20-21-17(22-16)23-9-12-3-4-14(19)8-15(12)18/h3-8H,9H2,1-2H3. The molecule has 3 rings (SSSR count). The van der Waals surface area contributed by atoms with Crippen LogP contribution in [0.15, 0.2) is 46.0 Å². The Morgan fingerprint density at radius 3 is 2.52 bits per heavy atom. The molecular formula is C17H14ClFN2OS. The summed E-state index contributed by atoms with van der Waals surface area (Å²) < 4.78 is 18.7. The van der Waals surface area contributed by atoms with E-state index in [1.54, 1.807) is 6.07 Å². The van der Waals surface area contributed by atoms with Crippen molar-refractivity contribution in [1.29, 1.82) is 0 Å². The van der Waals surface area contributed by atoms with Gasteiger partial charge in [-0.2, -0.15) is 0 Å². The van der Waals surface area contributed by atoms with Crippen molar-refractivity contribution >= 4 is 23.4 Å². The summed E-state index contributed by atoms with van der Waals surface area (Å²) in [7, 11) is 0. The molecule has 0 atom stereocenters. The van der Waals surface area contributed by atoms with Crippen molar-refractivity contribution < 1.29 is 8.81 Å². The topological polar surface area (TPSA) is 38.9 Å². The van der Waals surface area contributed by atoms with Crippen LogP contribution in [-0.2, 0) is 5.75 Å². The summed E-state index contributed by atoms with van der Waals surface area (Å²) in [5.74, 6) is 0.677. The highest BCUT2D eigenvalue weighted by Crippen LogP contribution is 2.29. The quantitative estimate of drug-likeness (QED) is 0.588. The van der Waals surface area contributed by atoms with Crippen LogP contribution in [0.1, 0.15) is 16.7 Å². The van der Waals surface area contributed by atoms with Gasteiger partial charge >= 0.3 is 0 Å². The summed E-state index contributed by atoms with van der Waals surface area (Å²) in [6, 6.07) is 10.4. The third-order valence-electron chi connectivity index (χ3n) is 3.24. The van der Waals surface area contributed by atoms with Crippen LogP contribution < -0.4 is 0 Å². The first kappa shape index (κ1) is 16.0. The highest BCUT2D eigenvalue weighted by atomic mass is 35.5. The van der Waals surface area contributed by atoms with Gasteiger partial charge in [0.2, 0.25) is 5.89 Å². The molecule has 3 nitrogen and oxygen atoms in total. The fourth-order valence-electron chi connectivity index (χ4n) is 2.26. The van der Waals surface area contributed by atoms with E-state index in [0.717, 1.165) is 22.3 Å². The first-order valence-corrected chi connectivity index (χ1v) is 8.36. The molecule has 23 heavy (non-hydrogen) atoms. The Bertz CT molecular complexity index is 830. The number of nitrogens with zero attached hydrogens (tertiary/aromatic N) is 2. The first-order valence-electron chi connectivity index (χ1n) is 7.00. The Morgan fingerprint density at radius 2 is 1.83 bits per heavy atom. The summed E-state index contributed by atoms with van der Waals surface area (Å²) in [5, 5.41) is 8.98. The molecule has 118 valence electrons. The molecule has 0 N–H and O–H groups in total.